The molecule has 33 heavy (non-hydrogen) atoms. The maximum Gasteiger partial charge on any atom is 0.267 e. The number of thioether (sulfide) groups is 1. The Kier molecular flexibility index (Phi) is 5.82. The van der Waals surface area contributed by atoms with Gasteiger partial charge < -0.3 is 4.42 Å². The Bertz CT molecular complexity index is 1510. The summed E-state index contributed by atoms with van der Waals surface area (Å²) in [6.07, 6.45) is 0. The molecule has 166 valence electrons. The smallest absolute Gasteiger partial charge is 0.267 e. The van der Waals surface area contributed by atoms with E-state index in [-0.39, 0.29) is 10.8 Å². The lowest BCUT2D eigenvalue weighted by atomic mass is 10.2. The summed E-state index contributed by atoms with van der Waals surface area (Å²) in [5, 5.41) is 10.0. The quantitative estimate of drug-likeness (QED) is 0.202. The van der Waals surface area contributed by atoms with Gasteiger partial charge in [0.05, 0.1) is 16.3 Å². The van der Waals surface area contributed by atoms with E-state index in [0.717, 1.165) is 20.8 Å². The van der Waals surface area contributed by atoms with Crippen molar-refractivity contribution < 1.29 is 4.42 Å². The zero-order valence-electron chi connectivity index (χ0n) is 18.1. The van der Waals surface area contributed by atoms with Crippen LogP contribution in [0, 0.1) is 13.8 Å². The van der Waals surface area contributed by atoms with Crippen LogP contribution >= 0.6 is 34.7 Å². The van der Waals surface area contributed by atoms with Gasteiger partial charge in [-0.2, -0.15) is 0 Å². The number of aromatic nitrogens is 4. The minimum Gasteiger partial charge on any atom is -0.419 e. The topological polar surface area (TPSA) is 73.8 Å². The maximum atomic E-state index is 13.6. The zero-order valence-corrected chi connectivity index (χ0v) is 20.5. The molecule has 0 radical (unpaired) electrons. The highest BCUT2D eigenvalue weighted by molar-refractivity contribution is 7.99. The van der Waals surface area contributed by atoms with E-state index in [4.69, 9.17) is 21.0 Å². The van der Waals surface area contributed by atoms with Gasteiger partial charge in [0.25, 0.3) is 5.56 Å². The van der Waals surface area contributed by atoms with Crippen LogP contribution in [0.4, 0.5) is 0 Å². The van der Waals surface area contributed by atoms with E-state index in [2.05, 4.69) is 10.2 Å². The monoisotopic (exact) mass is 494 g/mol. The number of benzene rings is 2. The fourth-order valence-electron chi connectivity index (χ4n) is 3.48. The average molecular weight is 495 g/mol. The predicted molar refractivity (Wildman–Crippen MR) is 134 cm³/mol. The molecule has 0 aliphatic rings. The van der Waals surface area contributed by atoms with Crippen molar-refractivity contribution in [3.8, 4) is 17.1 Å². The van der Waals surface area contributed by atoms with E-state index in [1.54, 1.807) is 16.7 Å². The third-order valence-corrected chi connectivity index (χ3v) is 7.74. The van der Waals surface area contributed by atoms with Crippen LogP contribution in [-0.4, -0.2) is 19.7 Å². The van der Waals surface area contributed by atoms with Gasteiger partial charge in [0, 0.05) is 15.5 Å². The molecule has 1 atom stereocenters. The van der Waals surface area contributed by atoms with Crippen molar-refractivity contribution in [1.82, 2.24) is 19.7 Å². The molecule has 5 aromatic rings. The minimum atomic E-state index is -0.222. The Morgan fingerprint density at radius 2 is 1.79 bits per heavy atom. The predicted octanol–water partition coefficient (Wildman–Crippen LogP) is 6.62. The Hall–Kier alpha value is -2.94. The largest absolute Gasteiger partial charge is 0.419 e. The van der Waals surface area contributed by atoms with Crippen LogP contribution in [0.2, 0.25) is 5.02 Å². The van der Waals surface area contributed by atoms with Gasteiger partial charge in [0.2, 0.25) is 11.8 Å². The molecule has 0 aliphatic carbocycles. The zero-order chi connectivity index (χ0) is 23.1. The second kappa shape index (κ2) is 8.78. The summed E-state index contributed by atoms with van der Waals surface area (Å²) < 4.78 is 7.57. The van der Waals surface area contributed by atoms with Crippen LogP contribution < -0.4 is 5.56 Å². The van der Waals surface area contributed by atoms with Crippen LogP contribution in [0.3, 0.4) is 0 Å². The van der Waals surface area contributed by atoms with Crippen LogP contribution in [0.15, 0.2) is 69.0 Å². The Morgan fingerprint density at radius 3 is 2.52 bits per heavy atom. The first-order valence-corrected chi connectivity index (χ1v) is 12.3. The maximum absolute atomic E-state index is 13.6. The molecule has 0 N–H and O–H groups in total. The summed E-state index contributed by atoms with van der Waals surface area (Å²) in [6, 6.07) is 16.8. The molecule has 0 amide bonds. The number of halogens is 1. The molecule has 0 aliphatic heterocycles. The number of nitrogens with zero attached hydrogens (tertiary/aromatic N) is 4. The molecule has 5 rings (SSSR count). The van der Waals surface area contributed by atoms with E-state index < -0.39 is 0 Å². The first-order chi connectivity index (χ1) is 15.9. The second-order valence-corrected chi connectivity index (χ2v) is 10.5. The van der Waals surface area contributed by atoms with Gasteiger partial charge in [0.1, 0.15) is 4.83 Å². The summed E-state index contributed by atoms with van der Waals surface area (Å²) in [5.41, 5.74) is 2.42. The van der Waals surface area contributed by atoms with Crippen molar-refractivity contribution in [2.45, 2.75) is 31.2 Å². The van der Waals surface area contributed by atoms with Crippen LogP contribution in [0.25, 0.3) is 27.4 Å². The lowest BCUT2D eigenvalue weighted by Crippen LogP contribution is -2.21. The SMILES string of the molecule is Cc1sc2nc(SC(C)c3nnc(-c4ccccc4)o3)n(-c3ccc(Cl)cc3)c(=O)c2c1C. The van der Waals surface area contributed by atoms with Crippen molar-refractivity contribution >= 4 is 44.9 Å². The number of hydrogen-bond donors (Lipinski definition) is 0. The lowest BCUT2D eigenvalue weighted by Gasteiger charge is -2.14. The molecule has 3 aromatic heterocycles. The summed E-state index contributed by atoms with van der Waals surface area (Å²) >= 11 is 9.02. The van der Waals surface area contributed by atoms with E-state index in [0.29, 0.717) is 33.0 Å². The second-order valence-electron chi connectivity index (χ2n) is 7.55. The third kappa shape index (κ3) is 4.10. The molecule has 0 bridgehead atoms. The molecule has 3 heterocycles. The lowest BCUT2D eigenvalue weighted by molar-refractivity contribution is 0.509. The summed E-state index contributed by atoms with van der Waals surface area (Å²) in [6.45, 7) is 5.93. The van der Waals surface area contributed by atoms with Gasteiger partial charge in [-0.15, -0.1) is 21.5 Å². The molecule has 2 aromatic carbocycles. The summed E-state index contributed by atoms with van der Waals surface area (Å²) in [4.78, 5) is 20.3. The molecule has 6 nitrogen and oxygen atoms in total. The molecule has 1 unspecified atom stereocenters. The molecule has 0 saturated carbocycles. The van der Waals surface area contributed by atoms with Gasteiger partial charge in [-0.3, -0.25) is 9.36 Å². The Balaban J connectivity index is 1.59. The van der Waals surface area contributed by atoms with Gasteiger partial charge in [-0.25, -0.2) is 4.98 Å². The molecular formula is C24H19ClN4O2S2. The molecule has 0 spiro atoms. The minimum absolute atomic E-state index is 0.102. The number of fused-ring (bicyclic) bond motifs is 1. The Morgan fingerprint density at radius 1 is 1.06 bits per heavy atom. The Labute approximate surface area is 203 Å². The van der Waals surface area contributed by atoms with Gasteiger partial charge in [0.15, 0.2) is 5.16 Å². The highest BCUT2D eigenvalue weighted by Crippen LogP contribution is 2.37. The molecule has 0 saturated heterocycles. The summed E-state index contributed by atoms with van der Waals surface area (Å²) in [7, 11) is 0. The first-order valence-electron chi connectivity index (χ1n) is 10.3. The standard InChI is InChI=1S/C24H19ClN4O2S2/c1-13-14(2)32-22-19(13)23(30)29(18-11-9-17(25)10-12-18)24(26-22)33-15(3)20-27-28-21(31-20)16-7-5-4-6-8-16/h4-12,15H,1-3H3. The number of aryl methyl sites for hydroxylation is 2. The fraction of sp³-hybridized carbons (Fsp3) is 0.167. The van der Waals surface area contributed by atoms with E-state index in [9.17, 15) is 4.79 Å². The highest BCUT2D eigenvalue weighted by Gasteiger charge is 2.23. The van der Waals surface area contributed by atoms with Gasteiger partial charge >= 0.3 is 0 Å². The van der Waals surface area contributed by atoms with E-state index in [1.165, 1.54) is 23.1 Å². The van der Waals surface area contributed by atoms with Gasteiger partial charge in [-0.05, 0) is 62.7 Å². The molecule has 0 fully saturated rings. The van der Waals surface area contributed by atoms with Gasteiger partial charge in [-0.1, -0.05) is 41.6 Å². The first kappa shape index (κ1) is 21.9. The highest BCUT2D eigenvalue weighted by atomic mass is 35.5. The fourth-order valence-corrected chi connectivity index (χ4v) is 5.63. The van der Waals surface area contributed by atoms with Crippen molar-refractivity contribution in [2.24, 2.45) is 0 Å². The average Bonchev–Trinajstić information content (AvgIpc) is 3.41. The normalized spacial score (nSPS) is 12.4. The number of rotatable bonds is 5. The number of hydrogen-bond acceptors (Lipinski definition) is 7. The van der Waals surface area contributed by atoms with Crippen molar-refractivity contribution in [3.63, 3.8) is 0 Å². The third-order valence-electron chi connectivity index (χ3n) is 5.35. The van der Waals surface area contributed by atoms with Crippen molar-refractivity contribution in [3.05, 3.63) is 86.3 Å². The van der Waals surface area contributed by atoms with Crippen molar-refractivity contribution in [2.75, 3.05) is 0 Å². The van der Waals surface area contributed by atoms with Crippen LogP contribution in [-0.2, 0) is 0 Å². The molecular weight excluding hydrogens is 476 g/mol. The van der Waals surface area contributed by atoms with Crippen LogP contribution in [0.1, 0.15) is 28.5 Å². The van der Waals surface area contributed by atoms with E-state index in [1.807, 2.05) is 63.2 Å². The van der Waals surface area contributed by atoms with Crippen LogP contribution in [0.5, 0.6) is 0 Å². The van der Waals surface area contributed by atoms with E-state index >= 15 is 0 Å². The molecule has 9 heteroatoms. The summed E-state index contributed by atoms with van der Waals surface area (Å²) in [5.74, 6) is 0.926. The number of thiophene rings is 1. The van der Waals surface area contributed by atoms with Crippen molar-refractivity contribution in [1.29, 1.82) is 0 Å².